The molecule has 4 rings (SSSR count). The van der Waals surface area contributed by atoms with Gasteiger partial charge in [-0.2, -0.15) is 0 Å². The maximum absolute atomic E-state index is 11.4. The summed E-state index contributed by atoms with van der Waals surface area (Å²) in [6.45, 7) is 12.1. The highest BCUT2D eigenvalue weighted by molar-refractivity contribution is 5.66. The number of hydrogen-bond donors (Lipinski definition) is 1. The topological polar surface area (TPSA) is 46.5 Å². The van der Waals surface area contributed by atoms with Crippen LogP contribution in [0.4, 0.5) is 0 Å². The van der Waals surface area contributed by atoms with E-state index in [2.05, 4.69) is 31.7 Å². The van der Waals surface area contributed by atoms with E-state index in [4.69, 9.17) is 4.74 Å². The average molecular weight is 453 g/mol. The van der Waals surface area contributed by atoms with Crippen molar-refractivity contribution >= 4 is 5.97 Å². The van der Waals surface area contributed by atoms with Crippen molar-refractivity contribution < 1.29 is 14.6 Å². The summed E-state index contributed by atoms with van der Waals surface area (Å²) in [7, 11) is 0. The Morgan fingerprint density at radius 2 is 2.00 bits per heavy atom. The first kappa shape index (κ1) is 24.5. The van der Waals surface area contributed by atoms with Gasteiger partial charge in [0, 0.05) is 6.92 Å². The Kier molecular flexibility index (Phi) is 6.84. The van der Waals surface area contributed by atoms with E-state index < -0.39 is 5.60 Å². The smallest absolute Gasteiger partial charge is 0.303 e. The molecule has 0 aromatic carbocycles. The van der Waals surface area contributed by atoms with Gasteiger partial charge in [-0.25, -0.2) is 0 Å². The van der Waals surface area contributed by atoms with E-state index in [-0.39, 0.29) is 17.5 Å². The van der Waals surface area contributed by atoms with E-state index in [9.17, 15) is 9.90 Å². The predicted molar refractivity (Wildman–Crippen MR) is 135 cm³/mol. The van der Waals surface area contributed by atoms with Crippen molar-refractivity contribution in [3.05, 3.63) is 47.1 Å². The molecule has 0 saturated heterocycles. The number of esters is 1. The molecule has 0 heterocycles. The molecule has 3 saturated carbocycles. The summed E-state index contributed by atoms with van der Waals surface area (Å²) < 4.78 is 5.50. The van der Waals surface area contributed by atoms with Crippen molar-refractivity contribution in [2.75, 3.05) is 0 Å². The number of ether oxygens (including phenoxy) is 1. The Hall–Kier alpha value is -1.61. The maximum atomic E-state index is 11.4. The highest BCUT2D eigenvalue weighted by atomic mass is 16.5. The summed E-state index contributed by atoms with van der Waals surface area (Å²) in [6, 6.07) is 0. The minimum atomic E-state index is -0.557. The molecule has 0 aromatic rings. The Morgan fingerprint density at radius 3 is 2.67 bits per heavy atom. The highest BCUT2D eigenvalue weighted by Crippen LogP contribution is 2.67. The van der Waals surface area contributed by atoms with Gasteiger partial charge in [0.05, 0.1) is 5.60 Å². The summed E-state index contributed by atoms with van der Waals surface area (Å²) in [5.41, 5.74) is 5.72. The molecule has 3 atom stereocenters. The largest absolute Gasteiger partial charge is 0.458 e. The lowest BCUT2D eigenvalue weighted by atomic mass is 9.61. The molecule has 3 unspecified atom stereocenters. The van der Waals surface area contributed by atoms with Crippen LogP contribution in [0.25, 0.3) is 0 Å². The standard InChI is InChI=1S/C30H44O3/c1-21-23(9-6-11-26(21)33-22(2)31)12-13-24-10-7-17-29(5)25(24)14-15-27(29)30(19-20-30)18-8-16-28(3,4)32/h12-13,15,25-26,32H,1,6-11,14,16-20H2,2-5H3/b23-12-,24-13+. The minimum absolute atomic E-state index is 0.157. The van der Waals surface area contributed by atoms with Crippen LogP contribution in [0.15, 0.2) is 47.1 Å². The first-order valence-electron chi connectivity index (χ1n) is 13.2. The minimum Gasteiger partial charge on any atom is -0.458 e. The normalized spacial score (nSPS) is 33.7. The number of rotatable bonds is 7. The zero-order valence-corrected chi connectivity index (χ0v) is 21.3. The van der Waals surface area contributed by atoms with Crippen molar-refractivity contribution in [3.63, 3.8) is 0 Å². The van der Waals surface area contributed by atoms with Crippen LogP contribution in [0.2, 0.25) is 0 Å². The Morgan fingerprint density at radius 1 is 1.24 bits per heavy atom. The molecular weight excluding hydrogens is 408 g/mol. The van der Waals surface area contributed by atoms with E-state index in [0.717, 1.165) is 37.7 Å². The Labute approximate surface area is 201 Å². The lowest BCUT2D eigenvalue weighted by Gasteiger charge is -2.43. The van der Waals surface area contributed by atoms with E-state index in [1.165, 1.54) is 57.4 Å². The zero-order chi connectivity index (χ0) is 23.9. The van der Waals surface area contributed by atoms with Crippen LogP contribution in [0.3, 0.4) is 0 Å². The number of carbonyl (C=O) groups excluding carboxylic acids is 1. The maximum Gasteiger partial charge on any atom is 0.303 e. The molecule has 3 fully saturated rings. The van der Waals surface area contributed by atoms with Gasteiger partial charge in [-0.3, -0.25) is 4.79 Å². The number of aliphatic hydroxyl groups is 1. The Bertz CT molecular complexity index is 877. The second kappa shape index (κ2) is 9.21. The SMILES string of the molecule is C=C1/C(=C\C=C2/CCCC3(C)C(C4(CCCC(C)(C)O)CC4)=CCC23)CCCC1OC(C)=O. The van der Waals surface area contributed by atoms with E-state index in [0.29, 0.717) is 11.3 Å². The van der Waals surface area contributed by atoms with Crippen molar-refractivity contribution in [1.29, 1.82) is 0 Å². The van der Waals surface area contributed by atoms with Gasteiger partial charge < -0.3 is 9.84 Å². The van der Waals surface area contributed by atoms with Crippen molar-refractivity contribution in [1.82, 2.24) is 0 Å². The fourth-order valence-electron chi connectivity index (χ4n) is 7.05. The molecule has 0 amide bonds. The first-order chi connectivity index (χ1) is 15.5. The number of carbonyl (C=O) groups is 1. The van der Waals surface area contributed by atoms with Gasteiger partial charge in [-0.15, -0.1) is 0 Å². The summed E-state index contributed by atoms with van der Waals surface area (Å²) >= 11 is 0. The third-order valence-corrected chi connectivity index (χ3v) is 8.94. The van der Waals surface area contributed by atoms with E-state index >= 15 is 0 Å². The molecule has 3 heteroatoms. The van der Waals surface area contributed by atoms with Crippen LogP contribution in [-0.4, -0.2) is 22.8 Å². The van der Waals surface area contributed by atoms with Crippen molar-refractivity contribution in [3.8, 4) is 0 Å². The molecular formula is C30H44O3. The molecule has 0 bridgehead atoms. The lowest BCUT2D eigenvalue weighted by Crippen LogP contribution is -2.33. The monoisotopic (exact) mass is 452 g/mol. The summed E-state index contributed by atoms with van der Waals surface area (Å²) in [5.74, 6) is 0.399. The lowest BCUT2D eigenvalue weighted by molar-refractivity contribution is -0.145. The van der Waals surface area contributed by atoms with Crippen molar-refractivity contribution in [2.24, 2.45) is 16.7 Å². The summed E-state index contributed by atoms with van der Waals surface area (Å²) in [5, 5.41) is 10.2. The molecule has 0 radical (unpaired) electrons. The fraction of sp³-hybridized carbons (Fsp3) is 0.700. The highest BCUT2D eigenvalue weighted by Gasteiger charge is 2.56. The summed E-state index contributed by atoms with van der Waals surface area (Å²) in [4.78, 5) is 11.4. The third-order valence-electron chi connectivity index (χ3n) is 8.94. The van der Waals surface area contributed by atoms with Crippen molar-refractivity contribution in [2.45, 2.75) is 116 Å². The van der Waals surface area contributed by atoms with Crippen LogP contribution in [-0.2, 0) is 9.53 Å². The molecule has 0 aromatic heterocycles. The Balaban J connectivity index is 1.47. The quantitative estimate of drug-likeness (QED) is 0.324. The third kappa shape index (κ3) is 5.24. The summed E-state index contributed by atoms with van der Waals surface area (Å²) in [6.07, 6.45) is 20.9. The molecule has 0 spiro atoms. The molecule has 3 nitrogen and oxygen atoms in total. The molecule has 33 heavy (non-hydrogen) atoms. The van der Waals surface area contributed by atoms with Crippen LogP contribution in [0, 0.1) is 16.7 Å². The number of fused-ring (bicyclic) bond motifs is 1. The first-order valence-corrected chi connectivity index (χ1v) is 13.2. The van der Waals surface area contributed by atoms with Crippen LogP contribution >= 0.6 is 0 Å². The molecule has 182 valence electrons. The second-order valence-electron chi connectivity index (χ2n) is 12.1. The van der Waals surface area contributed by atoms with Gasteiger partial charge in [0.2, 0.25) is 0 Å². The number of allylic oxidation sites excluding steroid dienone is 5. The molecule has 4 aliphatic rings. The molecule has 4 aliphatic carbocycles. The van der Waals surface area contributed by atoms with Crippen LogP contribution < -0.4 is 0 Å². The second-order valence-corrected chi connectivity index (χ2v) is 12.1. The van der Waals surface area contributed by atoms with Gasteiger partial charge in [0.15, 0.2) is 0 Å². The van der Waals surface area contributed by atoms with E-state index in [1.54, 1.807) is 11.1 Å². The van der Waals surface area contributed by atoms with Crippen LogP contribution in [0.1, 0.15) is 105 Å². The van der Waals surface area contributed by atoms with E-state index in [1.807, 2.05) is 13.8 Å². The van der Waals surface area contributed by atoms with Gasteiger partial charge in [-0.1, -0.05) is 42.9 Å². The number of hydrogen-bond acceptors (Lipinski definition) is 3. The molecule has 1 N–H and O–H groups in total. The van der Waals surface area contributed by atoms with Gasteiger partial charge >= 0.3 is 5.97 Å². The van der Waals surface area contributed by atoms with Gasteiger partial charge in [-0.05, 0) is 119 Å². The van der Waals surface area contributed by atoms with Crippen LogP contribution in [0.5, 0.6) is 0 Å². The average Bonchev–Trinajstić information content (AvgIpc) is 3.40. The zero-order valence-electron chi connectivity index (χ0n) is 21.3. The fourth-order valence-corrected chi connectivity index (χ4v) is 7.05. The van der Waals surface area contributed by atoms with Gasteiger partial charge in [0.1, 0.15) is 6.10 Å². The molecule has 0 aliphatic heterocycles. The van der Waals surface area contributed by atoms with Gasteiger partial charge in [0.25, 0.3) is 0 Å². The predicted octanol–water partition coefficient (Wildman–Crippen LogP) is 7.37.